The molecule has 146 valence electrons. The zero-order chi connectivity index (χ0) is 20.6. The summed E-state index contributed by atoms with van der Waals surface area (Å²) in [4.78, 5) is 27.9. The van der Waals surface area contributed by atoms with Gasteiger partial charge in [0, 0.05) is 17.3 Å². The highest BCUT2D eigenvalue weighted by Gasteiger charge is 2.28. The van der Waals surface area contributed by atoms with Crippen molar-refractivity contribution in [2.75, 3.05) is 0 Å². The van der Waals surface area contributed by atoms with Crippen LogP contribution in [0.1, 0.15) is 57.9 Å². The van der Waals surface area contributed by atoms with E-state index in [-0.39, 0.29) is 11.4 Å². The zero-order valence-electron chi connectivity index (χ0n) is 16.8. The number of carbonyl (C=O) groups is 2. The van der Waals surface area contributed by atoms with Crippen molar-refractivity contribution in [3.63, 3.8) is 0 Å². The summed E-state index contributed by atoms with van der Waals surface area (Å²) in [7, 11) is 0. The topological polar surface area (TPSA) is 84.5 Å². The second-order valence-corrected chi connectivity index (χ2v) is 6.84. The van der Waals surface area contributed by atoms with E-state index in [2.05, 4.69) is 16.7 Å². The fourth-order valence-electron chi connectivity index (χ4n) is 2.53. The Labute approximate surface area is 160 Å². The molecule has 0 aliphatic rings. The Kier molecular flexibility index (Phi) is 8.09. The van der Waals surface area contributed by atoms with Crippen LogP contribution in [-0.2, 0) is 11.3 Å². The monoisotopic (exact) mass is 371 g/mol. The van der Waals surface area contributed by atoms with Crippen LogP contribution in [0, 0.1) is 5.41 Å². The first-order chi connectivity index (χ1) is 12.8. The third kappa shape index (κ3) is 5.61. The maximum atomic E-state index is 12.6. The van der Waals surface area contributed by atoms with Crippen molar-refractivity contribution in [2.45, 2.75) is 54.0 Å². The highest BCUT2D eigenvalue weighted by atomic mass is 16.4. The summed E-state index contributed by atoms with van der Waals surface area (Å²) in [5.74, 6) is -1.83. The number of aliphatic carboxylic acids is 1. The number of fused-ring (bicyclic) bond motifs is 1. The van der Waals surface area contributed by atoms with Crippen molar-refractivity contribution in [2.24, 2.45) is 10.4 Å². The van der Waals surface area contributed by atoms with Crippen LogP contribution in [0.15, 0.2) is 41.9 Å². The standard InChI is InChI=1S/C19H23N3O3.C2H6/c1-5-6-9-12-22-14-11-8-7-10-13(14)15(21-22)17(23)20-16(18(24)25)19(2,3)4;1-2/h5,7-8,10-11H,1,6,9,12H2,2-4H3,(H,24,25);1-2H3. The summed E-state index contributed by atoms with van der Waals surface area (Å²) in [6, 6.07) is 7.38. The van der Waals surface area contributed by atoms with Gasteiger partial charge < -0.3 is 5.11 Å². The summed E-state index contributed by atoms with van der Waals surface area (Å²) in [6.07, 6.45) is 3.54. The lowest BCUT2D eigenvalue weighted by Gasteiger charge is -2.17. The van der Waals surface area contributed by atoms with E-state index in [1.165, 1.54) is 0 Å². The van der Waals surface area contributed by atoms with Crippen LogP contribution in [0.4, 0.5) is 0 Å². The van der Waals surface area contributed by atoms with Crippen molar-refractivity contribution >= 4 is 28.5 Å². The number of para-hydroxylation sites is 1. The minimum Gasteiger partial charge on any atom is -0.477 e. The Morgan fingerprint density at radius 1 is 1.26 bits per heavy atom. The van der Waals surface area contributed by atoms with Gasteiger partial charge in [-0.3, -0.25) is 9.48 Å². The van der Waals surface area contributed by atoms with E-state index in [4.69, 9.17) is 0 Å². The number of carbonyl (C=O) groups excluding carboxylic acids is 1. The number of amides is 1. The molecule has 6 nitrogen and oxygen atoms in total. The molecular formula is C21H29N3O3. The van der Waals surface area contributed by atoms with Gasteiger partial charge >= 0.3 is 5.97 Å². The molecule has 1 heterocycles. The highest BCUT2D eigenvalue weighted by molar-refractivity contribution is 6.39. The van der Waals surface area contributed by atoms with Crippen molar-refractivity contribution in [1.29, 1.82) is 0 Å². The molecule has 1 amide bonds. The molecular weight excluding hydrogens is 342 g/mol. The fraction of sp³-hybridized carbons (Fsp3) is 0.429. The molecule has 0 saturated heterocycles. The first-order valence-electron chi connectivity index (χ1n) is 9.19. The molecule has 27 heavy (non-hydrogen) atoms. The van der Waals surface area contributed by atoms with E-state index >= 15 is 0 Å². The molecule has 0 aliphatic heterocycles. The Morgan fingerprint density at radius 2 is 1.89 bits per heavy atom. The van der Waals surface area contributed by atoms with Crippen LogP contribution in [0.25, 0.3) is 10.9 Å². The van der Waals surface area contributed by atoms with Gasteiger partial charge in [0.1, 0.15) is 5.71 Å². The van der Waals surface area contributed by atoms with E-state index in [1.807, 2.05) is 38.1 Å². The summed E-state index contributed by atoms with van der Waals surface area (Å²) >= 11 is 0. The SMILES string of the molecule is C=CCCCn1nc(C(=O)N=C(C(=O)O)C(C)(C)C)c2ccccc21.CC. The van der Waals surface area contributed by atoms with Crippen molar-refractivity contribution in [3.8, 4) is 0 Å². The van der Waals surface area contributed by atoms with E-state index < -0.39 is 17.3 Å². The summed E-state index contributed by atoms with van der Waals surface area (Å²) in [5, 5.41) is 14.4. The largest absolute Gasteiger partial charge is 0.477 e. The van der Waals surface area contributed by atoms with Gasteiger partial charge in [-0.2, -0.15) is 5.10 Å². The zero-order valence-corrected chi connectivity index (χ0v) is 16.8. The van der Waals surface area contributed by atoms with Gasteiger partial charge in [-0.1, -0.05) is 58.9 Å². The van der Waals surface area contributed by atoms with Crippen molar-refractivity contribution in [3.05, 3.63) is 42.6 Å². The van der Waals surface area contributed by atoms with Gasteiger partial charge in [0.15, 0.2) is 5.69 Å². The Bertz CT molecular complexity index is 842. The molecule has 0 radical (unpaired) electrons. The van der Waals surface area contributed by atoms with Crippen LogP contribution < -0.4 is 0 Å². The second-order valence-electron chi connectivity index (χ2n) is 6.84. The molecule has 1 aromatic heterocycles. The number of unbranched alkanes of at least 4 members (excludes halogenated alkanes) is 1. The van der Waals surface area contributed by atoms with Gasteiger partial charge in [-0.05, 0) is 18.9 Å². The number of benzene rings is 1. The molecule has 0 unspecified atom stereocenters. The van der Waals surface area contributed by atoms with Crippen molar-refractivity contribution < 1.29 is 14.7 Å². The number of hydrogen-bond donors (Lipinski definition) is 1. The lowest BCUT2D eigenvalue weighted by atomic mass is 9.90. The normalized spacial score (nSPS) is 11.7. The Balaban J connectivity index is 0.00000176. The van der Waals surface area contributed by atoms with E-state index in [0.717, 1.165) is 18.4 Å². The van der Waals surface area contributed by atoms with E-state index in [9.17, 15) is 14.7 Å². The average molecular weight is 371 g/mol. The molecule has 0 aliphatic carbocycles. The molecule has 1 N–H and O–H groups in total. The maximum absolute atomic E-state index is 12.6. The lowest BCUT2D eigenvalue weighted by Crippen LogP contribution is -2.29. The number of aromatic nitrogens is 2. The van der Waals surface area contributed by atoms with E-state index in [1.54, 1.807) is 31.5 Å². The van der Waals surface area contributed by atoms with Crippen LogP contribution in [-0.4, -0.2) is 32.5 Å². The van der Waals surface area contributed by atoms with Gasteiger partial charge in [-0.15, -0.1) is 6.58 Å². The predicted molar refractivity (Wildman–Crippen MR) is 109 cm³/mol. The molecule has 0 fully saturated rings. The third-order valence-electron chi connectivity index (χ3n) is 3.77. The van der Waals surface area contributed by atoms with Crippen LogP contribution >= 0.6 is 0 Å². The van der Waals surface area contributed by atoms with Crippen molar-refractivity contribution in [1.82, 2.24) is 9.78 Å². The van der Waals surface area contributed by atoms with Crippen LogP contribution in [0.5, 0.6) is 0 Å². The number of aliphatic imine (C=N–C) groups is 1. The van der Waals surface area contributed by atoms with Crippen LogP contribution in [0.2, 0.25) is 0 Å². The smallest absolute Gasteiger partial charge is 0.350 e. The molecule has 0 atom stereocenters. The molecule has 6 heteroatoms. The van der Waals surface area contributed by atoms with Gasteiger partial charge in [0.05, 0.1) is 5.52 Å². The molecule has 0 spiro atoms. The molecule has 1 aromatic carbocycles. The van der Waals surface area contributed by atoms with Crippen LogP contribution in [0.3, 0.4) is 0 Å². The Hall–Kier alpha value is -2.76. The first-order valence-corrected chi connectivity index (χ1v) is 9.19. The number of rotatable bonds is 6. The predicted octanol–water partition coefficient (Wildman–Crippen LogP) is 4.74. The maximum Gasteiger partial charge on any atom is 0.350 e. The first kappa shape index (κ1) is 22.3. The van der Waals surface area contributed by atoms with Gasteiger partial charge in [-0.25, -0.2) is 9.79 Å². The van der Waals surface area contributed by atoms with Gasteiger partial charge in [0.25, 0.3) is 5.91 Å². The molecule has 0 bridgehead atoms. The highest BCUT2D eigenvalue weighted by Crippen LogP contribution is 2.22. The summed E-state index contributed by atoms with van der Waals surface area (Å²) < 4.78 is 1.76. The molecule has 0 saturated carbocycles. The number of carboxylic acid groups (broad SMARTS) is 1. The molecule has 2 aromatic rings. The second kappa shape index (κ2) is 9.80. The minimum absolute atomic E-state index is 0.178. The lowest BCUT2D eigenvalue weighted by molar-refractivity contribution is -0.129. The number of nitrogens with zero attached hydrogens (tertiary/aromatic N) is 3. The van der Waals surface area contributed by atoms with E-state index in [0.29, 0.717) is 11.9 Å². The Morgan fingerprint density at radius 3 is 2.44 bits per heavy atom. The number of hydrogen-bond acceptors (Lipinski definition) is 3. The number of aryl methyl sites for hydroxylation is 1. The molecule has 2 rings (SSSR count). The third-order valence-corrected chi connectivity index (χ3v) is 3.77. The minimum atomic E-state index is -1.20. The average Bonchev–Trinajstić information content (AvgIpc) is 2.99. The summed E-state index contributed by atoms with van der Waals surface area (Å²) in [5.41, 5.74) is 0.0850. The summed E-state index contributed by atoms with van der Waals surface area (Å²) in [6.45, 7) is 13.5. The quantitative estimate of drug-likeness (QED) is 0.451. The number of allylic oxidation sites excluding steroid dienone is 1. The fourth-order valence-corrected chi connectivity index (χ4v) is 2.53. The van der Waals surface area contributed by atoms with Gasteiger partial charge in [0.2, 0.25) is 0 Å². The number of carboxylic acids is 1.